The maximum Gasteiger partial charge on any atom is 0.255 e. The third-order valence-corrected chi connectivity index (χ3v) is 3.08. The van der Waals surface area contributed by atoms with E-state index in [-0.39, 0.29) is 11.5 Å². The van der Waals surface area contributed by atoms with E-state index in [0.717, 1.165) is 10.9 Å². The molecule has 0 saturated carbocycles. The van der Waals surface area contributed by atoms with Crippen LogP contribution >= 0.6 is 0 Å². The van der Waals surface area contributed by atoms with Gasteiger partial charge in [0.25, 0.3) is 5.56 Å². The van der Waals surface area contributed by atoms with Crippen molar-refractivity contribution >= 4 is 28.7 Å². The molecule has 2 heterocycles. The number of amides is 1. The summed E-state index contributed by atoms with van der Waals surface area (Å²) in [6.45, 7) is 1.73. The second kappa shape index (κ2) is 5.69. The number of rotatable bonds is 3. The van der Waals surface area contributed by atoms with Gasteiger partial charge in [0.05, 0.1) is 0 Å². The van der Waals surface area contributed by atoms with Crippen LogP contribution in [0.4, 0.5) is 5.82 Å². The lowest BCUT2D eigenvalue weighted by molar-refractivity contribution is -0.111. The van der Waals surface area contributed by atoms with Crippen molar-refractivity contribution in [2.45, 2.75) is 6.92 Å². The van der Waals surface area contributed by atoms with Gasteiger partial charge in [0.15, 0.2) is 5.82 Å². The maximum atomic E-state index is 11.9. The molecule has 0 aliphatic carbocycles. The van der Waals surface area contributed by atoms with Crippen LogP contribution in [0.1, 0.15) is 11.3 Å². The zero-order valence-electron chi connectivity index (χ0n) is 11.8. The number of anilines is 1. The molecule has 0 atom stereocenters. The Bertz CT molecular complexity index is 922. The summed E-state index contributed by atoms with van der Waals surface area (Å²) in [4.78, 5) is 26.5. The molecule has 6 heteroatoms. The molecule has 0 aliphatic rings. The first-order valence-corrected chi connectivity index (χ1v) is 6.66. The summed E-state index contributed by atoms with van der Waals surface area (Å²) < 4.78 is 4.85. The van der Waals surface area contributed by atoms with E-state index >= 15 is 0 Å². The quantitative estimate of drug-likeness (QED) is 0.727. The summed E-state index contributed by atoms with van der Waals surface area (Å²) in [5.41, 5.74) is 0.914. The minimum Gasteiger partial charge on any atom is -0.360 e. The number of aryl methyl sites for hydroxylation is 1. The molecule has 22 heavy (non-hydrogen) atoms. The lowest BCUT2D eigenvalue weighted by Gasteiger charge is -1.99. The van der Waals surface area contributed by atoms with Crippen molar-refractivity contribution in [3.63, 3.8) is 0 Å². The number of hydrogen-bond donors (Lipinski definition) is 2. The molecule has 0 saturated heterocycles. The zero-order valence-corrected chi connectivity index (χ0v) is 11.8. The Labute approximate surface area is 125 Å². The predicted octanol–water partition coefficient (Wildman–Crippen LogP) is 2.48. The van der Waals surface area contributed by atoms with E-state index in [4.69, 9.17) is 4.52 Å². The lowest BCUT2D eigenvalue weighted by atomic mass is 10.1. The van der Waals surface area contributed by atoms with Gasteiger partial charge >= 0.3 is 0 Å². The summed E-state index contributed by atoms with van der Waals surface area (Å²) in [6.07, 6.45) is 2.75. The normalized spacial score (nSPS) is 11.1. The second-order valence-electron chi connectivity index (χ2n) is 4.79. The third kappa shape index (κ3) is 2.95. The van der Waals surface area contributed by atoms with Crippen molar-refractivity contribution in [2.75, 3.05) is 5.32 Å². The minimum atomic E-state index is -0.388. The average molecular weight is 295 g/mol. The number of aromatic amines is 1. The van der Waals surface area contributed by atoms with Gasteiger partial charge in [-0.2, -0.15) is 0 Å². The van der Waals surface area contributed by atoms with Crippen LogP contribution in [0.3, 0.4) is 0 Å². The van der Waals surface area contributed by atoms with Crippen LogP contribution in [0.2, 0.25) is 0 Å². The van der Waals surface area contributed by atoms with E-state index in [0.29, 0.717) is 17.1 Å². The molecule has 2 N–H and O–H groups in total. The Morgan fingerprint density at radius 2 is 2.14 bits per heavy atom. The number of carbonyl (C=O) groups excluding carboxylic acids is 1. The van der Waals surface area contributed by atoms with Crippen molar-refractivity contribution in [2.24, 2.45) is 0 Å². The molecule has 0 fully saturated rings. The lowest BCUT2D eigenvalue weighted by Crippen LogP contribution is -2.11. The van der Waals surface area contributed by atoms with Gasteiger partial charge in [-0.3, -0.25) is 9.59 Å². The molecule has 1 aromatic carbocycles. The van der Waals surface area contributed by atoms with Crippen molar-refractivity contribution in [1.29, 1.82) is 0 Å². The highest BCUT2D eigenvalue weighted by Gasteiger charge is 2.04. The SMILES string of the molecule is Cc1cc(NC(=O)/C=C/c2cc3ccccc3[nH]c2=O)no1. The van der Waals surface area contributed by atoms with Crippen molar-refractivity contribution in [3.8, 4) is 0 Å². The highest BCUT2D eigenvalue weighted by molar-refractivity contribution is 6.01. The van der Waals surface area contributed by atoms with E-state index in [2.05, 4.69) is 15.5 Å². The zero-order chi connectivity index (χ0) is 15.5. The Kier molecular flexibility index (Phi) is 3.57. The van der Waals surface area contributed by atoms with Gasteiger partial charge in [-0.1, -0.05) is 23.4 Å². The van der Waals surface area contributed by atoms with E-state index in [9.17, 15) is 9.59 Å². The largest absolute Gasteiger partial charge is 0.360 e. The van der Waals surface area contributed by atoms with Crippen LogP contribution in [-0.2, 0) is 4.79 Å². The first-order valence-electron chi connectivity index (χ1n) is 6.66. The average Bonchev–Trinajstić information content (AvgIpc) is 2.90. The fourth-order valence-electron chi connectivity index (χ4n) is 2.05. The molecular formula is C16H13N3O3. The number of benzene rings is 1. The van der Waals surface area contributed by atoms with E-state index in [1.165, 1.54) is 12.2 Å². The molecule has 2 aromatic heterocycles. The maximum absolute atomic E-state index is 11.9. The Hall–Kier alpha value is -3.15. The minimum absolute atomic E-state index is 0.250. The Morgan fingerprint density at radius 1 is 1.32 bits per heavy atom. The van der Waals surface area contributed by atoms with Gasteiger partial charge < -0.3 is 14.8 Å². The smallest absolute Gasteiger partial charge is 0.255 e. The van der Waals surface area contributed by atoms with Crippen molar-refractivity contribution in [3.05, 3.63) is 64.2 Å². The first kappa shape index (κ1) is 13.8. The number of fused-ring (bicyclic) bond motifs is 1. The second-order valence-corrected chi connectivity index (χ2v) is 4.79. The van der Waals surface area contributed by atoms with Gasteiger partial charge in [0.2, 0.25) is 5.91 Å². The third-order valence-electron chi connectivity index (χ3n) is 3.08. The summed E-state index contributed by atoms with van der Waals surface area (Å²) in [7, 11) is 0. The standard InChI is InChI=1S/C16H13N3O3/c1-10-8-14(19-22-10)18-15(20)7-6-12-9-11-4-2-3-5-13(11)17-16(12)21/h2-9H,1H3,(H,17,21)(H,18,19,20)/b7-6+. The molecule has 3 rings (SSSR count). The number of H-pyrrole nitrogens is 1. The number of aromatic nitrogens is 2. The molecule has 6 nitrogen and oxygen atoms in total. The molecule has 0 bridgehead atoms. The number of hydrogen-bond acceptors (Lipinski definition) is 4. The number of pyridine rings is 1. The fraction of sp³-hybridized carbons (Fsp3) is 0.0625. The topological polar surface area (TPSA) is 88.0 Å². The van der Waals surface area contributed by atoms with Gasteiger partial charge in [0.1, 0.15) is 5.76 Å². The molecule has 110 valence electrons. The van der Waals surface area contributed by atoms with E-state index < -0.39 is 0 Å². The molecule has 0 radical (unpaired) electrons. The number of nitrogens with one attached hydrogen (secondary N) is 2. The number of carbonyl (C=O) groups is 1. The van der Waals surface area contributed by atoms with Gasteiger partial charge in [-0.05, 0) is 30.5 Å². The number of nitrogens with zero attached hydrogens (tertiary/aromatic N) is 1. The van der Waals surface area contributed by atoms with Crippen molar-refractivity contribution < 1.29 is 9.32 Å². The van der Waals surface area contributed by atoms with Crippen LogP contribution in [0.15, 0.2) is 51.8 Å². The highest BCUT2D eigenvalue weighted by atomic mass is 16.5. The molecule has 1 amide bonds. The van der Waals surface area contributed by atoms with Crippen LogP contribution < -0.4 is 10.9 Å². The number of para-hydroxylation sites is 1. The van der Waals surface area contributed by atoms with Gasteiger partial charge in [0, 0.05) is 23.2 Å². The fourth-order valence-corrected chi connectivity index (χ4v) is 2.05. The monoisotopic (exact) mass is 295 g/mol. The van der Waals surface area contributed by atoms with Crippen LogP contribution in [0.5, 0.6) is 0 Å². The van der Waals surface area contributed by atoms with E-state index in [1.54, 1.807) is 19.1 Å². The molecule has 3 aromatic rings. The summed E-state index contributed by atoms with van der Waals surface area (Å²) >= 11 is 0. The molecular weight excluding hydrogens is 282 g/mol. The summed E-state index contributed by atoms with van der Waals surface area (Å²) in [5, 5.41) is 7.10. The van der Waals surface area contributed by atoms with Crippen LogP contribution in [0.25, 0.3) is 17.0 Å². The molecule has 0 unspecified atom stereocenters. The predicted molar refractivity (Wildman–Crippen MR) is 83.5 cm³/mol. The molecule has 0 spiro atoms. The Balaban J connectivity index is 1.81. The first-order chi connectivity index (χ1) is 10.6. The van der Waals surface area contributed by atoms with Gasteiger partial charge in [-0.25, -0.2) is 0 Å². The summed E-state index contributed by atoms with van der Waals surface area (Å²) in [5.74, 6) is 0.547. The summed E-state index contributed by atoms with van der Waals surface area (Å²) in [6, 6.07) is 10.8. The van der Waals surface area contributed by atoms with Gasteiger partial charge in [-0.15, -0.1) is 0 Å². The van der Waals surface area contributed by atoms with Crippen molar-refractivity contribution in [1.82, 2.24) is 10.1 Å². The van der Waals surface area contributed by atoms with Crippen LogP contribution in [-0.4, -0.2) is 16.0 Å². The molecule has 0 aliphatic heterocycles. The highest BCUT2D eigenvalue weighted by Crippen LogP contribution is 2.11. The Morgan fingerprint density at radius 3 is 2.91 bits per heavy atom. The van der Waals surface area contributed by atoms with Crippen LogP contribution in [0, 0.1) is 6.92 Å². The van der Waals surface area contributed by atoms with E-state index in [1.807, 2.05) is 24.3 Å².